The van der Waals surface area contributed by atoms with Gasteiger partial charge in [-0.1, -0.05) is 0 Å². The standard InChI is InChI=1S/C10H10BrN3O/c1-13-4-5-14(10(13)15)7-9-3-2-8(11)6-12-9/h2-6H,7H2,1H3. The van der Waals surface area contributed by atoms with Crippen LogP contribution in [0, 0.1) is 0 Å². The lowest BCUT2D eigenvalue weighted by Crippen LogP contribution is -2.22. The largest absolute Gasteiger partial charge is 0.328 e. The lowest BCUT2D eigenvalue weighted by Gasteiger charge is -2.00. The molecule has 78 valence electrons. The van der Waals surface area contributed by atoms with Gasteiger partial charge in [-0.2, -0.15) is 0 Å². The van der Waals surface area contributed by atoms with Gasteiger partial charge in [-0.3, -0.25) is 9.55 Å². The van der Waals surface area contributed by atoms with Crippen molar-refractivity contribution >= 4 is 15.9 Å². The molecule has 0 aliphatic rings. The Kier molecular flexibility index (Phi) is 2.73. The Morgan fingerprint density at radius 1 is 1.40 bits per heavy atom. The minimum absolute atomic E-state index is 0.0280. The number of halogens is 1. The van der Waals surface area contributed by atoms with E-state index >= 15 is 0 Å². The van der Waals surface area contributed by atoms with Gasteiger partial charge in [-0.25, -0.2) is 4.79 Å². The Bertz CT molecular complexity index is 512. The van der Waals surface area contributed by atoms with Crippen LogP contribution in [0.2, 0.25) is 0 Å². The molecule has 0 atom stereocenters. The molecule has 4 nitrogen and oxygen atoms in total. The van der Waals surface area contributed by atoms with Gasteiger partial charge < -0.3 is 4.57 Å². The van der Waals surface area contributed by atoms with Crippen LogP contribution in [0.5, 0.6) is 0 Å². The van der Waals surface area contributed by atoms with Crippen molar-refractivity contribution in [3.63, 3.8) is 0 Å². The highest BCUT2D eigenvalue weighted by Crippen LogP contribution is 2.07. The van der Waals surface area contributed by atoms with Crippen LogP contribution < -0.4 is 5.69 Å². The second kappa shape index (κ2) is 4.02. The van der Waals surface area contributed by atoms with Crippen molar-refractivity contribution in [2.24, 2.45) is 7.05 Å². The second-order valence-corrected chi connectivity index (χ2v) is 4.20. The predicted octanol–water partition coefficient (Wildman–Crippen LogP) is 1.39. The van der Waals surface area contributed by atoms with Gasteiger partial charge in [0.15, 0.2) is 0 Å². The van der Waals surface area contributed by atoms with Crippen LogP contribution in [0.25, 0.3) is 0 Å². The SMILES string of the molecule is Cn1ccn(Cc2ccc(Br)cn2)c1=O. The van der Waals surface area contributed by atoms with Crippen molar-refractivity contribution in [2.75, 3.05) is 0 Å². The highest BCUT2D eigenvalue weighted by atomic mass is 79.9. The van der Waals surface area contributed by atoms with Crippen molar-refractivity contribution in [1.29, 1.82) is 0 Å². The molecule has 0 aliphatic heterocycles. The molecule has 5 heteroatoms. The fourth-order valence-electron chi connectivity index (χ4n) is 1.31. The van der Waals surface area contributed by atoms with Crippen LogP contribution in [-0.4, -0.2) is 14.1 Å². The van der Waals surface area contributed by atoms with Crippen molar-refractivity contribution < 1.29 is 0 Å². The van der Waals surface area contributed by atoms with E-state index in [1.54, 1.807) is 34.8 Å². The van der Waals surface area contributed by atoms with Crippen LogP contribution in [0.15, 0.2) is 40.0 Å². The summed E-state index contributed by atoms with van der Waals surface area (Å²) >= 11 is 3.31. The maximum Gasteiger partial charge on any atom is 0.328 e. The van der Waals surface area contributed by atoms with Gasteiger partial charge in [0.25, 0.3) is 0 Å². The maximum absolute atomic E-state index is 11.5. The Labute approximate surface area is 95.3 Å². The highest BCUT2D eigenvalue weighted by Gasteiger charge is 2.01. The van der Waals surface area contributed by atoms with Gasteiger partial charge in [0.05, 0.1) is 12.2 Å². The van der Waals surface area contributed by atoms with Crippen molar-refractivity contribution in [2.45, 2.75) is 6.54 Å². The predicted molar refractivity (Wildman–Crippen MR) is 60.7 cm³/mol. The molecule has 0 amide bonds. The molecule has 0 saturated heterocycles. The minimum atomic E-state index is -0.0280. The molecule has 0 fully saturated rings. The van der Waals surface area contributed by atoms with Crippen LogP contribution in [-0.2, 0) is 13.6 Å². The van der Waals surface area contributed by atoms with E-state index in [9.17, 15) is 4.79 Å². The summed E-state index contributed by atoms with van der Waals surface area (Å²) in [5, 5.41) is 0. The zero-order valence-corrected chi connectivity index (χ0v) is 9.81. The first kappa shape index (κ1) is 10.2. The number of aromatic nitrogens is 3. The van der Waals surface area contributed by atoms with Gasteiger partial charge in [0, 0.05) is 30.1 Å². The van der Waals surface area contributed by atoms with E-state index in [2.05, 4.69) is 20.9 Å². The summed E-state index contributed by atoms with van der Waals surface area (Å²) in [5.74, 6) is 0. The zero-order chi connectivity index (χ0) is 10.8. The van der Waals surface area contributed by atoms with Gasteiger partial charge in [0.2, 0.25) is 0 Å². The number of aryl methyl sites for hydroxylation is 1. The van der Waals surface area contributed by atoms with E-state index in [1.807, 2.05) is 12.1 Å². The maximum atomic E-state index is 11.5. The topological polar surface area (TPSA) is 39.8 Å². The molecule has 0 saturated carbocycles. The number of rotatable bonds is 2. The summed E-state index contributed by atoms with van der Waals surface area (Å²) in [7, 11) is 1.73. The summed E-state index contributed by atoms with van der Waals surface area (Å²) in [6.07, 6.45) is 5.22. The van der Waals surface area contributed by atoms with Gasteiger partial charge in [0.1, 0.15) is 0 Å². The molecule has 0 bridgehead atoms. The van der Waals surface area contributed by atoms with E-state index in [1.165, 1.54) is 0 Å². The molecule has 2 aromatic rings. The summed E-state index contributed by atoms with van der Waals surface area (Å²) < 4.78 is 4.10. The molecule has 0 N–H and O–H groups in total. The minimum Gasteiger partial charge on any atom is -0.302 e. The van der Waals surface area contributed by atoms with Gasteiger partial charge in [-0.05, 0) is 28.1 Å². The van der Waals surface area contributed by atoms with E-state index in [4.69, 9.17) is 0 Å². The van der Waals surface area contributed by atoms with Gasteiger partial charge >= 0.3 is 5.69 Å². The quantitative estimate of drug-likeness (QED) is 0.825. The summed E-state index contributed by atoms with van der Waals surface area (Å²) in [4.78, 5) is 15.7. The Morgan fingerprint density at radius 3 is 2.73 bits per heavy atom. The fourth-order valence-corrected chi connectivity index (χ4v) is 1.54. The third kappa shape index (κ3) is 2.18. The number of imidazole rings is 1. The van der Waals surface area contributed by atoms with Crippen LogP contribution in [0.3, 0.4) is 0 Å². The van der Waals surface area contributed by atoms with Crippen molar-refractivity contribution in [1.82, 2.24) is 14.1 Å². The average molecular weight is 268 g/mol. The second-order valence-electron chi connectivity index (χ2n) is 3.29. The van der Waals surface area contributed by atoms with E-state index in [0.29, 0.717) is 6.54 Å². The molecule has 2 heterocycles. The molecule has 2 aromatic heterocycles. The number of hydrogen-bond donors (Lipinski definition) is 0. The molecule has 0 unspecified atom stereocenters. The first-order chi connectivity index (χ1) is 7.16. The Hall–Kier alpha value is -1.36. The van der Waals surface area contributed by atoms with Crippen molar-refractivity contribution in [3.05, 3.63) is 51.4 Å². The Balaban J connectivity index is 2.26. The number of pyridine rings is 1. The summed E-state index contributed by atoms with van der Waals surface area (Å²) in [6.45, 7) is 0.507. The van der Waals surface area contributed by atoms with E-state index < -0.39 is 0 Å². The monoisotopic (exact) mass is 267 g/mol. The average Bonchev–Trinajstić information content (AvgIpc) is 2.53. The van der Waals surface area contributed by atoms with E-state index in [-0.39, 0.29) is 5.69 Å². The van der Waals surface area contributed by atoms with Crippen LogP contribution >= 0.6 is 15.9 Å². The third-order valence-electron chi connectivity index (χ3n) is 2.14. The van der Waals surface area contributed by atoms with Crippen molar-refractivity contribution in [3.8, 4) is 0 Å². The Morgan fingerprint density at radius 2 is 2.20 bits per heavy atom. The summed E-state index contributed by atoms with van der Waals surface area (Å²) in [5.41, 5.74) is 0.839. The number of nitrogens with zero attached hydrogens (tertiary/aromatic N) is 3. The lowest BCUT2D eigenvalue weighted by molar-refractivity contribution is 0.704. The fraction of sp³-hybridized carbons (Fsp3) is 0.200. The van der Waals surface area contributed by atoms with E-state index in [0.717, 1.165) is 10.2 Å². The normalized spacial score (nSPS) is 10.5. The molecule has 0 radical (unpaired) electrons. The molecule has 15 heavy (non-hydrogen) atoms. The molecule has 0 aliphatic carbocycles. The van der Waals surface area contributed by atoms with Gasteiger partial charge in [-0.15, -0.1) is 0 Å². The smallest absolute Gasteiger partial charge is 0.302 e. The number of hydrogen-bond acceptors (Lipinski definition) is 2. The molecular formula is C10H10BrN3O. The third-order valence-corrected chi connectivity index (χ3v) is 2.61. The molecule has 2 rings (SSSR count). The zero-order valence-electron chi connectivity index (χ0n) is 8.22. The molecule has 0 spiro atoms. The molecular weight excluding hydrogens is 258 g/mol. The first-order valence-electron chi connectivity index (χ1n) is 4.49. The molecule has 0 aromatic carbocycles. The highest BCUT2D eigenvalue weighted by molar-refractivity contribution is 9.10. The lowest BCUT2D eigenvalue weighted by atomic mass is 10.3. The van der Waals surface area contributed by atoms with Crippen LogP contribution in [0.4, 0.5) is 0 Å². The summed E-state index contributed by atoms with van der Waals surface area (Å²) in [6, 6.07) is 3.81. The van der Waals surface area contributed by atoms with Crippen LogP contribution in [0.1, 0.15) is 5.69 Å². The first-order valence-corrected chi connectivity index (χ1v) is 5.28.